The quantitative estimate of drug-likeness (QED) is 0.881. The van der Waals surface area contributed by atoms with Gasteiger partial charge >= 0.3 is 0 Å². The molecule has 1 aromatic heterocycles. The van der Waals surface area contributed by atoms with Crippen LogP contribution in [-0.2, 0) is 0 Å². The maximum atomic E-state index is 5.48. The summed E-state index contributed by atoms with van der Waals surface area (Å²) in [5.41, 5.74) is 1.36. The number of methoxy groups -OCH3 is 3. The van der Waals surface area contributed by atoms with Gasteiger partial charge < -0.3 is 19.5 Å². The number of anilines is 1. The van der Waals surface area contributed by atoms with E-state index in [1.165, 1.54) is 6.33 Å². The Kier molecular flexibility index (Phi) is 4.81. The second-order valence-electron chi connectivity index (χ2n) is 4.17. The molecule has 21 heavy (non-hydrogen) atoms. The van der Waals surface area contributed by atoms with Crippen LogP contribution in [0.15, 0.2) is 24.5 Å². The largest absolute Gasteiger partial charge is 0.496 e. The Bertz CT molecular complexity index is 595. The van der Waals surface area contributed by atoms with Crippen molar-refractivity contribution in [2.45, 2.75) is 6.92 Å². The first-order valence-electron chi connectivity index (χ1n) is 6.61. The Labute approximate surface area is 124 Å². The lowest BCUT2D eigenvalue weighted by atomic mass is 10.1. The third-order valence-corrected chi connectivity index (χ3v) is 3.02. The van der Waals surface area contributed by atoms with Crippen LogP contribution in [0.25, 0.3) is 11.3 Å². The molecule has 6 heteroatoms. The van der Waals surface area contributed by atoms with Gasteiger partial charge in [0.2, 0.25) is 0 Å². The Balaban J connectivity index is 2.69. The van der Waals surface area contributed by atoms with Crippen LogP contribution in [0.2, 0.25) is 0 Å². The standard InChI is InChI=1S/C15H19N3O3/c1-5-16-15-14(21-4)13(17-9-18-15)12-10(19-2)7-6-8-11(12)20-3/h6-9H,5H2,1-4H3,(H,16,17,18). The van der Waals surface area contributed by atoms with E-state index in [2.05, 4.69) is 15.3 Å². The third kappa shape index (κ3) is 2.84. The molecular formula is C15H19N3O3. The van der Waals surface area contributed by atoms with Crippen LogP contribution >= 0.6 is 0 Å². The first kappa shape index (κ1) is 14.9. The van der Waals surface area contributed by atoms with Crippen LogP contribution in [0.4, 0.5) is 5.82 Å². The number of benzene rings is 1. The van der Waals surface area contributed by atoms with E-state index in [4.69, 9.17) is 14.2 Å². The fourth-order valence-electron chi connectivity index (χ4n) is 2.12. The zero-order valence-electron chi connectivity index (χ0n) is 12.6. The highest BCUT2D eigenvalue weighted by atomic mass is 16.5. The van der Waals surface area contributed by atoms with Crippen LogP contribution < -0.4 is 19.5 Å². The molecule has 2 aromatic rings. The topological polar surface area (TPSA) is 65.5 Å². The van der Waals surface area contributed by atoms with Gasteiger partial charge in [-0.3, -0.25) is 0 Å². The van der Waals surface area contributed by atoms with Gasteiger partial charge in [0.15, 0.2) is 11.6 Å². The normalized spacial score (nSPS) is 10.1. The highest BCUT2D eigenvalue weighted by Crippen LogP contribution is 2.43. The van der Waals surface area contributed by atoms with Crippen molar-refractivity contribution in [3.8, 4) is 28.5 Å². The molecule has 1 heterocycles. The van der Waals surface area contributed by atoms with Crippen LogP contribution in [0.5, 0.6) is 17.2 Å². The molecule has 112 valence electrons. The van der Waals surface area contributed by atoms with E-state index in [-0.39, 0.29) is 0 Å². The maximum Gasteiger partial charge on any atom is 0.187 e. The Morgan fingerprint density at radius 2 is 1.67 bits per heavy atom. The molecule has 0 atom stereocenters. The van der Waals surface area contributed by atoms with Crippen LogP contribution in [-0.4, -0.2) is 37.8 Å². The van der Waals surface area contributed by atoms with Crippen molar-refractivity contribution in [1.82, 2.24) is 9.97 Å². The lowest BCUT2D eigenvalue weighted by molar-refractivity contribution is 0.393. The summed E-state index contributed by atoms with van der Waals surface area (Å²) in [7, 11) is 4.80. The Morgan fingerprint density at radius 3 is 2.19 bits per heavy atom. The summed E-state index contributed by atoms with van der Waals surface area (Å²) in [4.78, 5) is 8.55. The Hall–Kier alpha value is -2.50. The summed E-state index contributed by atoms with van der Waals surface area (Å²) in [6.07, 6.45) is 1.49. The van der Waals surface area contributed by atoms with Crippen LogP contribution in [0.1, 0.15) is 6.92 Å². The van der Waals surface area contributed by atoms with E-state index >= 15 is 0 Å². The van der Waals surface area contributed by atoms with Gasteiger partial charge in [0.05, 0.1) is 26.9 Å². The van der Waals surface area contributed by atoms with Crippen molar-refractivity contribution >= 4 is 5.82 Å². The van der Waals surface area contributed by atoms with E-state index in [9.17, 15) is 0 Å². The molecule has 0 spiro atoms. The van der Waals surface area contributed by atoms with Gasteiger partial charge in [-0.05, 0) is 19.1 Å². The van der Waals surface area contributed by atoms with Gasteiger partial charge in [0.1, 0.15) is 23.5 Å². The van der Waals surface area contributed by atoms with E-state index < -0.39 is 0 Å². The first-order chi connectivity index (χ1) is 10.3. The summed E-state index contributed by atoms with van der Waals surface area (Å²) >= 11 is 0. The zero-order chi connectivity index (χ0) is 15.2. The number of hydrogen-bond donors (Lipinski definition) is 1. The molecule has 0 fully saturated rings. The lowest BCUT2D eigenvalue weighted by Gasteiger charge is -2.16. The van der Waals surface area contributed by atoms with Crippen molar-refractivity contribution in [2.75, 3.05) is 33.2 Å². The molecule has 1 N–H and O–H groups in total. The van der Waals surface area contributed by atoms with Crippen LogP contribution in [0.3, 0.4) is 0 Å². The van der Waals surface area contributed by atoms with Gasteiger partial charge in [0, 0.05) is 6.54 Å². The minimum absolute atomic E-state index is 0.558. The lowest BCUT2D eigenvalue weighted by Crippen LogP contribution is -2.05. The monoisotopic (exact) mass is 289 g/mol. The SMILES string of the molecule is CCNc1ncnc(-c2c(OC)cccc2OC)c1OC. The summed E-state index contributed by atoms with van der Waals surface area (Å²) in [6, 6.07) is 5.57. The summed E-state index contributed by atoms with van der Waals surface area (Å²) in [5, 5.41) is 3.15. The fourth-order valence-corrected chi connectivity index (χ4v) is 2.12. The molecule has 0 saturated heterocycles. The minimum Gasteiger partial charge on any atom is -0.496 e. The molecule has 0 unspecified atom stereocenters. The molecule has 0 aliphatic heterocycles. The van der Waals surface area contributed by atoms with Crippen LogP contribution in [0, 0.1) is 0 Å². The highest BCUT2D eigenvalue weighted by molar-refractivity contribution is 5.81. The molecule has 0 aliphatic carbocycles. The van der Waals surface area contributed by atoms with Crippen molar-refractivity contribution in [3.05, 3.63) is 24.5 Å². The number of aromatic nitrogens is 2. The highest BCUT2D eigenvalue weighted by Gasteiger charge is 2.20. The van der Waals surface area contributed by atoms with Crippen molar-refractivity contribution < 1.29 is 14.2 Å². The number of nitrogens with zero attached hydrogens (tertiary/aromatic N) is 2. The van der Waals surface area contributed by atoms with Crippen molar-refractivity contribution in [2.24, 2.45) is 0 Å². The molecule has 0 amide bonds. The molecule has 1 aromatic carbocycles. The van der Waals surface area contributed by atoms with Gasteiger partial charge in [-0.1, -0.05) is 6.07 Å². The smallest absolute Gasteiger partial charge is 0.187 e. The number of nitrogens with one attached hydrogen (secondary N) is 1. The zero-order valence-corrected chi connectivity index (χ0v) is 12.6. The molecule has 6 nitrogen and oxygen atoms in total. The average molecular weight is 289 g/mol. The molecule has 0 saturated carbocycles. The van der Waals surface area contributed by atoms with Gasteiger partial charge in [-0.25, -0.2) is 9.97 Å². The molecule has 2 rings (SSSR count). The van der Waals surface area contributed by atoms with Gasteiger partial charge in [-0.15, -0.1) is 0 Å². The van der Waals surface area contributed by atoms with Crippen molar-refractivity contribution in [1.29, 1.82) is 0 Å². The maximum absolute atomic E-state index is 5.48. The summed E-state index contributed by atoms with van der Waals surface area (Å²) in [6.45, 7) is 2.72. The van der Waals surface area contributed by atoms with E-state index in [1.54, 1.807) is 21.3 Å². The van der Waals surface area contributed by atoms with Gasteiger partial charge in [-0.2, -0.15) is 0 Å². The van der Waals surface area contributed by atoms with Gasteiger partial charge in [0.25, 0.3) is 0 Å². The predicted molar refractivity (Wildman–Crippen MR) is 81.3 cm³/mol. The third-order valence-electron chi connectivity index (χ3n) is 3.02. The fraction of sp³-hybridized carbons (Fsp3) is 0.333. The first-order valence-corrected chi connectivity index (χ1v) is 6.61. The summed E-state index contributed by atoms with van der Waals surface area (Å²) < 4.78 is 16.3. The summed E-state index contributed by atoms with van der Waals surface area (Å²) in [5.74, 6) is 2.52. The number of hydrogen-bond acceptors (Lipinski definition) is 6. The average Bonchev–Trinajstić information content (AvgIpc) is 2.54. The van der Waals surface area contributed by atoms with Crippen molar-refractivity contribution in [3.63, 3.8) is 0 Å². The Morgan fingerprint density at radius 1 is 1.00 bits per heavy atom. The van der Waals surface area contributed by atoms with E-state index in [0.717, 1.165) is 12.1 Å². The molecular weight excluding hydrogens is 270 g/mol. The molecule has 0 aliphatic rings. The molecule has 0 radical (unpaired) electrons. The second-order valence-corrected chi connectivity index (χ2v) is 4.17. The second kappa shape index (κ2) is 6.78. The number of ether oxygens (including phenoxy) is 3. The number of rotatable bonds is 6. The minimum atomic E-state index is 0.558. The molecule has 0 bridgehead atoms. The predicted octanol–water partition coefficient (Wildman–Crippen LogP) is 2.60. The van der Waals surface area contributed by atoms with E-state index in [0.29, 0.717) is 28.8 Å². The van der Waals surface area contributed by atoms with E-state index in [1.807, 2.05) is 25.1 Å².